The summed E-state index contributed by atoms with van der Waals surface area (Å²) in [5.41, 5.74) is 11.7. The molecule has 1 atom stereocenters. The van der Waals surface area contributed by atoms with Gasteiger partial charge in [-0.05, 0) is 76.7 Å². The number of fused-ring (bicyclic) bond motifs is 7. The van der Waals surface area contributed by atoms with Crippen molar-refractivity contribution in [1.82, 2.24) is 5.32 Å². The van der Waals surface area contributed by atoms with Crippen molar-refractivity contribution in [2.24, 2.45) is 4.99 Å². The number of aliphatic imine (C=N–C) groups is 1. The topological polar surface area (TPSA) is 40.8 Å². The molecule has 3 heterocycles. The van der Waals surface area contributed by atoms with E-state index in [2.05, 4.69) is 198 Å². The molecule has 0 aliphatic carbocycles. The lowest BCUT2D eigenvalue weighted by Gasteiger charge is -2.27. The Labute approximate surface area is 323 Å². The number of amidine groups is 1. The Balaban J connectivity index is 1.02. The van der Waals surface area contributed by atoms with Crippen LogP contribution in [-0.4, -0.2) is 5.84 Å². The van der Waals surface area contributed by atoms with Crippen molar-refractivity contribution in [1.29, 1.82) is 0 Å². The van der Waals surface area contributed by atoms with E-state index in [4.69, 9.17) is 9.41 Å². The molecule has 2 aliphatic rings. The van der Waals surface area contributed by atoms with Crippen LogP contribution in [0.3, 0.4) is 0 Å². The largest absolute Gasteiger partial charge is 0.456 e. The molecule has 1 aromatic heterocycles. The Morgan fingerprint density at radius 2 is 1.25 bits per heavy atom. The molecule has 0 amide bonds. The van der Waals surface area contributed by atoms with E-state index in [9.17, 15) is 0 Å². The van der Waals surface area contributed by atoms with Crippen LogP contribution in [-0.2, 0) is 0 Å². The van der Waals surface area contributed by atoms with Crippen molar-refractivity contribution in [3.05, 3.63) is 210 Å². The molecular formula is C50H33N3OS. The van der Waals surface area contributed by atoms with Crippen molar-refractivity contribution in [3.8, 4) is 11.1 Å². The number of hydrogen-bond donors (Lipinski definition) is 1. The van der Waals surface area contributed by atoms with Gasteiger partial charge in [0.25, 0.3) is 0 Å². The number of furan rings is 1. The van der Waals surface area contributed by atoms with Gasteiger partial charge in [0.15, 0.2) is 0 Å². The van der Waals surface area contributed by atoms with E-state index in [1.165, 1.54) is 26.1 Å². The summed E-state index contributed by atoms with van der Waals surface area (Å²) in [6.45, 7) is 0. The first kappa shape index (κ1) is 31.7. The molecule has 1 unspecified atom stereocenters. The Kier molecular flexibility index (Phi) is 7.45. The van der Waals surface area contributed by atoms with Crippen LogP contribution in [0.15, 0.2) is 207 Å². The van der Waals surface area contributed by atoms with E-state index < -0.39 is 0 Å². The minimum atomic E-state index is 0.0283. The predicted molar refractivity (Wildman–Crippen MR) is 229 cm³/mol. The third-order valence-corrected chi connectivity index (χ3v) is 11.9. The summed E-state index contributed by atoms with van der Waals surface area (Å²) < 4.78 is 6.66. The van der Waals surface area contributed by atoms with Crippen molar-refractivity contribution < 1.29 is 4.42 Å². The SMILES string of the molecule is c1ccc(C2=C3Sc4ccccc4C3NC(c3cccc4oc5cc(-c6cccc(N(c7ccccc7)c7cccc8ccccc78)c6)ccc5c34)=N2)cc1. The number of rotatable bonds is 6. The van der Waals surface area contributed by atoms with Crippen LogP contribution in [0, 0.1) is 0 Å². The van der Waals surface area contributed by atoms with Gasteiger partial charge in [0, 0.05) is 48.5 Å². The first-order valence-corrected chi connectivity index (χ1v) is 19.4. The second-order valence-electron chi connectivity index (χ2n) is 14.0. The van der Waals surface area contributed by atoms with Crippen LogP contribution in [0.5, 0.6) is 0 Å². The summed E-state index contributed by atoms with van der Waals surface area (Å²) >= 11 is 1.82. The molecule has 0 saturated heterocycles. The van der Waals surface area contributed by atoms with Gasteiger partial charge >= 0.3 is 0 Å². The zero-order valence-corrected chi connectivity index (χ0v) is 30.5. The molecule has 1 N–H and O–H groups in total. The lowest BCUT2D eigenvalue weighted by atomic mass is 9.98. The van der Waals surface area contributed by atoms with Gasteiger partial charge in [0.2, 0.25) is 0 Å². The lowest BCUT2D eigenvalue weighted by Crippen LogP contribution is -2.32. The third kappa shape index (κ3) is 5.35. The molecule has 0 bridgehead atoms. The Hall–Kier alpha value is -6.82. The van der Waals surface area contributed by atoms with Gasteiger partial charge in [-0.1, -0.05) is 145 Å². The van der Waals surface area contributed by atoms with E-state index >= 15 is 0 Å². The summed E-state index contributed by atoms with van der Waals surface area (Å²) in [6.07, 6.45) is 0. The standard InChI is InChI=1S/C50H33N3OS/c1-3-15-33(16-4-1)47-49-48(40-23-9-10-27-45(40)55-49)52-50(51-47)41-24-13-26-43-46(41)39-29-28-35(31-44(39)54-43)34-18-11-21-37(30-34)53(36-19-5-2-6-20-36)42-25-12-17-32-14-7-8-22-38(32)42/h1-31,48H,(H,51,52). The summed E-state index contributed by atoms with van der Waals surface area (Å²) in [5, 5.41) is 8.39. The van der Waals surface area contributed by atoms with Crippen LogP contribution in [0.25, 0.3) is 49.5 Å². The molecule has 260 valence electrons. The molecule has 55 heavy (non-hydrogen) atoms. The van der Waals surface area contributed by atoms with E-state index in [0.29, 0.717) is 0 Å². The van der Waals surface area contributed by atoms with Gasteiger partial charge in [-0.25, -0.2) is 4.99 Å². The molecular weight excluding hydrogens is 691 g/mol. The van der Waals surface area contributed by atoms with E-state index in [1.807, 2.05) is 11.8 Å². The highest BCUT2D eigenvalue weighted by Gasteiger charge is 2.35. The maximum absolute atomic E-state index is 6.66. The number of hydrogen-bond acceptors (Lipinski definition) is 5. The fourth-order valence-corrected chi connectivity index (χ4v) is 9.42. The minimum absolute atomic E-state index is 0.0283. The van der Waals surface area contributed by atoms with Crippen LogP contribution in [0.1, 0.15) is 22.7 Å². The second kappa shape index (κ2) is 12.9. The normalized spacial score (nSPS) is 14.8. The number of nitrogens with zero attached hydrogens (tertiary/aromatic N) is 2. The fraction of sp³-hybridized carbons (Fsp3) is 0.0200. The average molecular weight is 724 g/mol. The zero-order valence-electron chi connectivity index (χ0n) is 29.7. The number of anilines is 3. The molecule has 5 heteroatoms. The van der Waals surface area contributed by atoms with E-state index in [1.54, 1.807) is 0 Å². The van der Waals surface area contributed by atoms with Crippen LogP contribution >= 0.6 is 11.8 Å². The zero-order chi connectivity index (χ0) is 36.3. The quantitative estimate of drug-likeness (QED) is 0.185. The maximum Gasteiger partial charge on any atom is 0.136 e. The molecule has 0 spiro atoms. The van der Waals surface area contributed by atoms with Gasteiger partial charge in [0.1, 0.15) is 17.0 Å². The smallest absolute Gasteiger partial charge is 0.136 e. The predicted octanol–water partition coefficient (Wildman–Crippen LogP) is 13.4. The van der Waals surface area contributed by atoms with Gasteiger partial charge < -0.3 is 14.6 Å². The number of para-hydroxylation sites is 1. The summed E-state index contributed by atoms with van der Waals surface area (Å²) in [4.78, 5) is 10.2. The van der Waals surface area contributed by atoms with Gasteiger partial charge in [-0.2, -0.15) is 0 Å². The number of thioether (sulfide) groups is 1. The highest BCUT2D eigenvalue weighted by atomic mass is 32.2. The first-order chi connectivity index (χ1) is 27.3. The number of benzene rings is 8. The van der Waals surface area contributed by atoms with E-state index in [-0.39, 0.29) is 6.04 Å². The highest BCUT2D eigenvalue weighted by molar-refractivity contribution is 8.03. The second-order valence-corrected chi connectivity index (χ2v) is 15.1. The molecule has 0 radical (unpaired) electrons. The fourth-order valence-electron chi connectivity index (χ4n) is 8.17. The van der Waals surface area contributed by atoms with Crippen LogP contribution in [0.4, 0.5) is 17.1 Å². The van der Waals surface area contributed by atoms with Crippen molar-refractivity contribution >= 4 is 73.1 Å². The Morgan fingerprint density at radius 3 is 2.16 bits per heavy atom. The maximum atomic E-state index is 6.66. The molecule has 11 rings (SSSR count). The third-order valence-electron chi connectivity index (χ3n) is 10.7. The Morgan fingerprint density at radius 1 is 0.545 bits per heavy atom. The minimum Gasteiger partial charge on any atom is -0.456 e. The highest BCUT2D eigenvalue weighted by Crippen LogP contribution is 2.52. The van der Waals surface area contributed by atoms with Gasteiger partial charge in [-0.15, -0.1) is 0 Å². The number of nitrogens with one attached hydrogen (secondary N) is 1. The van der Waals surface area contributed by atoms with E-state index in [0.717, 1.165) is 72.8 Å². The lowest BCUT2D eigenvalue weighted by molar-refractivity contribution is 0.669. The van der Waals surface area contributed by atoms with Crippen LogP contribution in [0.2, 0.25) is 0 Å². The van der Waals surface area contributed by atoms with Crippen molar-refractivity contribution in [2.75, 3.05) is 4.90 Å². The van der Waals surface area contributed by atoms with Gasteiger partial charge in [-0.3, -0.25) is 0 Å². The van der Waals surface area contributed by atoms with Crippen molar-refractivity contribution in [3.63, 3.8) is 0 Å². The summed E-state index contributed by atoms with van der Waals surface area (Å²) in [7, 11) is 0. The molecule has 4 nitrogen and oxygen atoms in total. The summed E-state index contributed by atoms with van der Waals surface area (Å²) in [6, 6.07) is 66.6. The molecule has 8 aromatic carbocycles. The van der Waals surface area contributed by atoms with Gasteiger partial charge in [0.05, 0.1) is 17.4 Å². The van der Waals surface area contributed by atoms with Crippen LogP contribution < -0.4 is 10.2 Å². The summed E-state index contributed by atoms with van der Waals surface area (Å²) in [5.74, 6) is 0.851. The molecule has 0 fully saturated rings. The average Bonchev–Trinajstić information content (AvgIpc) is 3.82. The monoisotopic (exact) mass is 723 g/mol. The van der Waals surface area contributed by atoms with Crippen molar-refractivity contribution in [2.45, 2.75) is 10.9 Å². The molecule has 0 saturated carbocycles. The molecule has 9 aromatic rings. The first-order valence-electron chi connectivity index (χ1n) is 18.6. The Bertz CT molecular complexity index is 3000. The molecule has 2 aliphatic heterocycles.